The molecule has 0 saturated heterocycles. The molecule has 0 amide bonds. The Labute approximate surface area is 101 Å². The maximum absolute atomic E-state index is 9.55. The van der Waals surface area contributed by atoms with Crippen LogP contribution in [0.2, 0.25) is 5.02 Å². The summed E-state index contributed by atoms with van der Waals surface area (Å²) in [6, 6.07) is 5.48. The van der Waals surface area contributed by atoms with Crippen LogP contribution in [0, 0.1) is 0 Å². The molecule has 0 aromatic heterocycles. The van der Waals surface area contributed by atoms with Crippen LogP contribution in [-0.4, -0.2) is 17.3 Å². The first-order chi connectivity index (χ1) is 7.44. The number of nitrogens with two attached hydrogens (primary N) is 1. The van der Waals surface area contributed by atoms with Gasteiger partial charge in [0.05, 0.1) is 17.2 Å². The zero-order valence-corrected chi connectivity index (χ0v) is 10.4. The Hall–Kier alpha value is -0.770. The molecule has 3 N–H and O–H groups in total. The van der Waals surface area contributed by atoms with Crippen LogP contribution in [0.1, 0.15) is 25.8 Å². The van der Waals surface area contributed by atoms with Gasteiger partial charge in [-0.15, -0.1) is 0 Å². The van der Waals surface area contributed by atoms with E-state index in [4.69, 9.17) is 22.1 Å². The van der Waals surface area contributed by atoms with Crippen LogP contribution in [0.15, 0.2) is 18.2 Å². The summed E-state index contributed by atoms with van der Waals surface area (Å²) in [6.45, 7) is 4.29. The number of aliphatic hydroxyl groups is 1. The fourth-order valence-electron chi connectivity index (χ4n) is 1.28. The fraction of sp³-hybridized carbons (Fsp3) is 0.500. The molecule has 0 bridgehead atoms. The van der Waals surface area contributed by atoms with E-state index < -0.39 is 5.60 Å². The Morgan fingerprint density at radius 3 is 2.69 bits per heavy atom. The normalized spacial score (nSPS) is 11.6. The number of hydrogen-bond donors (Lipinski definition) is 2. The van der Waals surface area contributed by atoms with Gasteiger partial charge in [0.2, 0.25) is 0 Å². The quantitative estimate of drug-likeness (QED) is 0.835. The average molecular weight is 244 g/mol. The molecule has 0 heterocycles. The lowest BCUT2D eigenvalue weighted by atomic mass is 10.1. The van der Waals surface area contributed by atoms with Gasteiger partial charge >= 0.3 is 0 Å². The highest BCUT2D eigenvalue weighted by molar-refractivity contribution is 6.32. The first-order valence-electron chi connectivity index (χ1n) is 5.26. The fourth-order valence-corrected chi connectivity index (χ4v) is 1.53. The third-order valence-electron chi connectivity index (χ3n) is 2.23. The van der Waals surface area contributed by atoms with Gasteiger partial charge in [0.15, 0.2) is 0 Å². The molecule has 0 atom stereocenters. The largest absolute Gasteiger partial charge is 0.492 e. The van der Waals surface area contributed by atoms with Crippen molar-refractivity contribution in [3.63, 3.8) is 0 Å². The van der Waals surface area contributed by atoms with E-state index in [2.05, 4.69) is 0 Å². The van der Waals surface area contributed by atoms with Crippen LogP contribution in [0.4, 0.5) is 0 Å². The summed E-state index contributed by atoms with van der Waals surface area (Å²) in [5.41, 5.74) is 5.74. The zero-order valence-electron chi connectivity index (χ0n) is 9.66. The number of ether oxygens (including phenoxy) is 1. The van der Waals surface area contributed by atoms with E-state index in [1.54, 1.807) is 19.9 Å². The third kappa shape index (κ3) is 4.00. The Balaban J connectivity index is 2.66. The summed E-state index contributed by atoms with van der Waals surface area (Å²) in [5.74, 6) is 0.621. The van der Waals surface area contributed by atoms with Gasteiger partial charge in [-0.25, -0.2) is 0 Å². The van der Waals surface area contributed by atoms with Crippen LogP contribution in [0.25, 0.3) is 0 Å². The number of para-hydroxylation sites is 1. The molecule has 0 fully saturated rings. The summed E-state index contributed by atoms with van der Waals surface area (Å²) in [7, 11) is 0. The minimum Gasteiger partial charge on any atom is -0.492 e. The van der Waals surface area contributed by atoms with Crippen molar-refractivity contribution in [2.75, 3.05) is 6.61 Å². The summed E-state index contributed by atoms with van der Waals surface area (Å²) in [5, 5.41) is 10.1. The van der Waals surface area contributed by atoms with Crippen molar-refractivity contribution < 1.29 is 9.84 Å². The van der Waals surface area contributed by atoms with Gasteiger partial charge in [-0.2, -0.15) is 0 Å². The molecule has 0 aliphatic rings. The third-order valence-corrected chi connectivity index (χ3v) is 2.53. The molecule has 3 nitrogen and oxygen atoms in total. The van der Waals surface area contributed by atoms with Crippen molar-refractivity contribution in [1.29, 1.82) is 0 Å². The predicted octanol–water partition coefficient (Wildman–Crippen LogP) is 2.34. The molecule has 16 heavy (non-hydrogen) atoms. The van der Waals surface area contributed by atoms with Crippen LogP contribution < -0.4 is 10.5 Å². The highest BCUT2D eigenvalue weighted by atomic mass is 35.5. The Morgan fingerprint density at radius 2 is 2.12 bits per heavy atom. The van der Waals surface area contributed by atoms with E-state index in [1.165, 1.54) is 0 Å². The average Bonchev–Trinajstić information content (AvgIpc) is 2.18. The van der Waals surface area contributed by atoms with Gasteiger partial charge in [0.1, 0.15) is 5.75 Å². The molecule has 1 rings (SSSR count). The van der Waals surface area contributed by atoms with E-state index in [9.17, 15) is 5.11 Å². The second-order valence-electron chi connectivity index (χ2n) is 4.34. The van der Waals surface area contributed by atoms with Crippen molar-refractivity contribution in [1.82, 2.24) is 0 Å². The molecule has 4 heteroatoms. The van der Waals surface area contributed by atoms with Gasteiger partial charge in [-0.1, -0.05) is 23.7 Å². The number of benzene rings is 1. The monoisotopic (exact) mass is 243 g/mol. The molecule has 0 aliphatic carbocycles. The first kappa shape index (κ1) is 13.3. The molecular weight excluding hydrogens is 226 g/mol. The molecule has 0 spiro atoms. The number of hydrogen-bond acceptors (Lipinski definition) is 3. The lowest BCUT2D eigenvalue weighted by Crippen LogP contribution is -2.22. The number of halogens is 1. The van der Waals surface area contributed by atoms with E-state index in [1.807, 2.05) is 12.1 Å². The van der Waals surface area contributed by atoms with E-state index in [-0.39, 0.29) is 0 Å². The summed E-state index contributed by atoms with van der Waals surface area (Å²) >= 11 is 6.02. The van der Waals surface area contributed by atoms with Gasteiger partial charge in [-0.3, -0.25) is 0 Å². The summed E-state index contributed by atoms with van der Waals surface area (Å²) in [4.78, 5) is 0. The Bertz CT molecular complexity index is 347. The predicted molar refractivity (Wildman–Crippen MR) is 65.8 cm³/mol. The molecule has 1 aromatic rings. The van der Waals surface area contributed by atoms with Crippen LogP contribution in [0.5, 0.6) is 5.75 Å². The van der Waals surface area contributed by atoms with Crippen molar-refractivity contribution in [3.8, 4) is 5.75 Å². The molecule has 0 unspecified atom stereocenters. The van der Waals surface area contributed by atoms with Crippen LogP contribution in [-0.2, 0) is 6.54 Å². The smallest absolute Gasteiger partial charge is 0.142 e. The minimum atomic E-state index is -0.732. The lowest BCUT2D eigenvalue weighted by Gasteiger charge is -2.18. The topological polar surface area (TPSA) is 55.5 Å². The highest BCUT2D eigenvalue weighted by Crippen LogP contribution is 2.28. The summed E-state index contributed by atoms with van der Waals surface area (Å²) < 4.78 is 5.56. The highest BCUT2D eigenvalue weighted by Gasteiger charge is 2.13. The van der Waals surface area contributed by atoms with Gasteiger partial charge < -0.3 is 15.6 Å². The second kappa shape index (κ2) is 5.53. The maximum atomic E-state index is 9.55. The molecular formula is C12H18ClNO2. The molecule has 0 radical (unpaired) electrons. The maximum Gasteiger partial charge on any atom is 0.142 e. The van der Waals surface area contributed by atoms with Crippen molar-refractivity contribution in [2.24, 2.45) is 5.73 Å². The lowest BCUT2D eigenvalue weighted by molar-refractivity contribution is 0.0552. The molecule has 0 saturated carbocycles. The first-order valence-corrected chi connectivity index (χ1v) is 5.64. The van der Waals surface area contributed by atoms with Crippen LogP contribution >= 0.6 is 11.6 Å². The van der Waals surface area contributed by atoms with Gasteiger partial charge in [-0.05, 0) is 19.9 Å². The minimum absolute atomic E-state index is 0.387. The van der Waals surface area contributed by atoms with E-state index in [0.717, 1.165) is 5.56 Å². The van der Waals surface area contributed by atoms with E-state index >= 15 is 0 Å². The van der Waals surface area contributed by atoms with Crippen molar-refractivity contribution in [3.05, 3.63) is 28.8 Å². The second-order valence-corrected chi connectivity index (χ2v) is 4.75. The van der Waals surface area contributed by atoms with Gasteiger partial charge in [0, 0.05) is 18.5 Å². The number of rotatable bonds is 5. The van der Waals surface area contributed by atoms with Crippen molar-refractivity contribution >= 4 is 11.6 Å². The van der Waals surface area contributed by atoms with Crippen LogP contribution in [0.3, 0.4) is 0 Å². The zero-order chi connectivity index (χ0) is 12.2. The standard InChI is InChI=1S/C12H18ClNO2/c1-12(2,15)6-7-16-11-9(8-14)4-3-5-10(11)13/h3-5,15H,6-8,14H2,1-2H3. The summed E-state index contributed by atoms with van der Waals surface area (Å²) in [6.07, 6.45) is 0.544. The SMILES string of the molecule is CC(C)(O)CCOc1c(Cl)cccc1CN. The van der Waals surface area contributed by atoms with Crippen molar-refractivity contribution in [2.45, 2.75) is 32.4 Å². The molecule has 90 valence electrons. The van der Waals surface area contributed by atoms with E-state index in [0.29, 0.717) is 30.3 Å². The molecule has 1 aromatic carbocycles. The Morgan fingerprint density at radius 1 is 1.44 bits per heavy atom. The van der Waals surface area contributed by atoms with Gasteiger partial charge in [0.25, 0.3) is 0 Å². The molecule has 0 aliphatic heterocycles. The Kier molecular flexibility index (Phi) is 4.59.